The highest BCUT2D eigenvalue weighted by Gasteiger charge is 2.21. The molecular weight excluding hydrogens is 472 g/mol. The fourth-order valence-electron chi connectivity index (χ4n) is 3.84. The number of rotatable bonds is 11. The van der Waals surface area contributed by atoms with Gasteiger partial charge in [0.05, 0.1) is 5.56 Å². The van der Waals surface area contributed by atoms with Crippen LogP contribution < -0.4 is 21.7 Å². The Morgan fingerprint density at radius 1 is 0.865 bits per heavy atom. The normalized spacial score (nSPS) is 11.3. The van der Waals surface area contributed by atoms with E-state index in [1.165, 1.54) is 19.1 Å². The van der Waals surface area contributed by atoms with E-state index in [9.17, 15) is 24.3 Å². The number of unbranched alkanes of at least 4 members (excludes halogenated alkanes) is 1. The van der Waals surface area contributed by atoms with Gasteiger partial charge in [-0.15, -0.1) is 0 Å². The quantitative estimate of drug-likeness (QED) is 0.251. The van der Waals surface area contributed by atoms with Gasteiger partial charge in [-0.2, -0.15) is 0 Å². The van der Waals surface area contributed by atoms with Gasteiger partial charge in [0.1, 0.15) is 6.04 Å². The molecule has 0 saturated carbocycles. The molecule has 0 aliphatic rings. The summed E-state index contributed by atoms with van der Waals surface area (Å²) >= 11 is 0. The third-order valence-electron chi connectivity index (χ3n) is 5.62. The van der Waals surface area contributed by atoms with Crippen LogP contribution in [0.3, 0.4) is 0 Å². The molecule has 0 unspecified atom stereocenters. The number of carbonyl (C=O) groups is 4. The van der Waals surface area contributed by atoms with Crippen LogP contribution in [-0.4, -0.2) is 41.4 Å². The molecule has 9 heteroatoms. The molecule has 0 aliphatic heterocycles. The van der Waals surface area contributed by atoms with E-state index in [0.717, 1.165) is 12.0 Å². The first kappa shape index (κ1) is 27.1. The van der Waals surface area contributed by atoms with Crippen LogP contribution in [0.5, 0.6) is 0 Å². The lowest BCUT2D eigenvalue weighted by Crippen LogP contribution is -2.42. The van der Waals surface area contributed by atoms with Crippen molar-refractivity contribution in [1.82, 2.24) is 5.32 Å². The highest BCUT2D eigenvalue weighted by molar-refractivity contribution is 6.10. The van der Waals surface area contributed by atoms with Crippen molar-refractivity contribution in [2.75, 3.05) is 17.2 Å². The Morgan fingerprint density at radius 2 is 1.59 bits per heavy atom. The minimum atomic E-state index is -1.10. The number of carboxylic acid groups (broad SMARTS) is 1. The molecule has 6 N–H and O–H groups in total. The molecule has 9 nitrogen and oxygen atoms in total. The van der Waals surface area contributed by atoms with Crippen LogP contribution in [0.4, 0.5) is 11.4 Å². The Bertz CT molecular complexity index is 1280. The first-order chi connectivity index (χ1) is 17.8. The Hall–Kier alpha value is -4.50. The number of amides is 3. The second kappa shape index (κ2) is 13.0. The monoisotopic (exact) mass is 502 g/mol. The second-order valence-corrected chi connectivity index (χ2v) is 8.49. The molecule has 0 aliphatic carbocycles. The van der Waals surface area contributed by atoms with E-state index in [0.29, 0.717) is 41.9 Å². The molecule has 0 radical (unpaired) electrons. The van der Waals surface area contributed by atoms with E-state index in [-0.39, 0.29) is 17.4 Å². The maximum absolute atomic E-state index is 13.2. The van der Waals surface area contributed by atoms with Gasteiger partial charge >= 0.3 is 5.97 Å². The number of carbonyl (C=O) groups excluding carboxylic acids is 3. The zero-order valence-electron chi connectivity index (χ0n) is 20.5. The number of carboxylic acids is 1. The lowest BCUT2D eigenvalue weighted by atomic mass is 9.98. The van der Waals surface area contributed by atoms with E-state index >= 15 is 0 Å². The fraction of sp³-hybridized carbons (Fsp3) is 0.214. The Balaban J connectivity index is 1.89. The predicted octanol–water partition coefficient (Wildman–Crippen LogP) is 3.88. The van der Waals surface area contributed by atoms with Crippen LogP contribution in [0.1, 0.15) is 46.9 Å². The van der Waals surface area contributed by atoms with Crippen molar-refractivity contribution in [3.05, 3.63) is 83.9 Å². The van der Waals surface area contributed by atoms with Crippen LogP contribution in [0.2, 0.25) is 0 Å². The number of nitrogens with one attached hydrogen (secondary N) is 3. The highest BCUT2D eigenvalue weighted by Crippen LogP contribution is 2.28. The number of hydrogen-bond acceptors (Lipinski definition) is 5. The molecule has 0 heterocycles. The SMILES string of the molecule is CC(=O)N[C@@H](CCCCN)C(=O)Nc1ccc(C(=O)Nc2cccc(C(=O)O)c2)c(-c2ccccc2)c1. The van der Waals surface area contributed by atoms with Gasteiger partial charge in [0.15, 0.2) is 0 Å². The second-order valence-electron chi connectivity index (χ2n) is 8.49. The Labute approximate surface area is 215 Å². The third kappa shape index (κ3) is 7.74. The van der Waals surface area contributed by atoms with E-state index in [4.69, 9.17) is 5.73 Å². The van der Waals surface area contributed by atoms with Gasteiger partial charge < -0.3 is 26.8 Å². The number of anilines is 2. The minimum Gasteiger partial charge on any atom is -0.478 e. The van der Waals surface area contributed by atoms with Crippen molar-refractivity contribution in [3.63, 3.8) is 0 Å². The Morgan fingerprint density at radius 3 is 2.27 bits per heavy atom. The van der Waals surface area contributed by atoms with Crippen LogP contribution in [0.15, 0.2) is 72.8 Å². The highest BCUT2D eigenvalue weighted by atomic mass is 16.4. The summed E-state index contributed by atoms with van der Waals surface area (Å²) in [4.78, 5) is 49.0. The topological polar surface area (TPSA) is 151 Å². The van der Waals surface area contributed by atoms with Gasteiger partial charge in [-0.3, -0.25) is 14.4 Å². The summed E-state index contributed by atoms with van der Waals surface area (Å²) in [7, 11) is 0. The fourth-order valence-corrected chi connectivity index (χ4v) is 3.84. The zero-order valence-corrected chi connectivity index (χ0v) is 20.5. The molecular formula is C28H30N4O5. The lowest BCUT2D eigenvalue weighted by Gasteiger charge is -2.18. The first-order valence-corrected chi connectivity index (χ1v) is 11.9. The minimum absolute atomic E-state index is 0.0549. The number of hydrogen-bond donors (Lipinski definition) is 5. The van der Waals surface area contributed by atoms with Crippen LogP contribution >= 0.6 is 0 Å². The molecule has 3 aromatic rings. The summed E-state index contributed by atoms with van der Waals surface area (Å²) < 4.78 is 0. The molecule has 3 amide bonds. The summed E-state index contributed by atoms with van der Waals surface area (Å²) in [5, 5.41) is 17.5. The number of nitrogens with two attached hydrogens (primary N) is 1. The van der Waals surface area contributed by atoms with Crippen molar-refractivity contribution in [2.45, 2.75) is 32.2 Å². The largest absolute Gasteiger partial charge is 0.478 e. The van der Waals surface area contributed by atoms with Gasteiger partial charge in [-0.25, -0.2) is 4.79 Å². The maximum Gasteiger partial charge on any atom is 0.335 e. The summed E-state index contributed by atoms with van der Waals surface area (Å²) in [6, 6.07) is 19.4. The lowest BCUT2D eigenvalue weighted by molar-refractivity contribution is -0.125. The molecule has 0 bridgehead atoms. The van der Waals surface area contributed by atoms with Crippen molar-refractivity contribution < 1.29 is 24.3 Å². The summed E-state index contributed by atoms with van der Waals surface area (Å²) in [6.07, 6.45) is 1.87. The molecule has 0 aromatic heterocycles. The molecule has 3 aromatic carbocycles. The maximum atomic E-state index is 13.2. The van der Waals surface area contributed by atoms with Crippen molar-refractivity contribution in [1.29, 1.82) is 0 Å². The van der Waals surface area contributed by atoms with Crippen LogP contribution in [0.25, 0.3) is 11.1 Å². The smallest absolute Gasteiger partial charge is 0.335 e. The first-order valence-electron chi connectivity index (χ1n) is 11.9. The molecule has 0 saturated heterocycles. The molecule has 192 valence electrons. The molecule has 3 rings (SSSR count). The predicted molar refractivity (Wildman–Crippen MR) is 142 cm³/mol. The molecule has 37 heavy (non-hydrogen) atoms. The van der Waals surface area contributed by atoms with Crippen molar-refractivity contribution in [2.24, 2.45) is 5.73 Å². The van der Waals surface area contributed by atoms with E-state index < -0.39 is 17.9 Å². The summed E-state index contributed by atoms with van der Waals surface area (Å²) in [5.74, 6) is -2.20. The molecule has 0 spiro atoms. The van der Waals surface area contributed by atoms with Gasteiger partial charge in [-0.05, 0) is 73.3 Å². The zero-order chi connectivity index (χ0) is 26.8. The van der Waals surface area contributed by atoms with Gasteiger partial charge in [0, 0.05) is 23.9 Å². The molecule has 1 atom stereocenters. The number of benzene rings is 3. The average molecular weight is 503 g/mol. The Kier molecular flexibility index (Phi) is 9.51. The van der Waals surface area contributed by atoms with E-state index in [2.05, 4.69) is 16.0 Å². The summed E-state index contributed by atoms with van der Waals surface area (Å²) in [5.41, 5.74) is 8.08. The van der Waals surface area contributed by atoms with Crippen molar-refractivity contribution in [3.8, 4) is 11.1 Å². The van der Waals surface area contributed by atoms with Crippen molar-refractivity contribution >= 4 is 35.1 Å². The third-order valence-corrected chi connectivity index (χ3v) is 5.62. The van der Waals surface area contributed by atoms with E-state index in [1.807, 2.05) is 30.3 Å². The van der Waals surface area contributed by atoms with Gasteiger partial charge in [-0.1, -0.05) is 36.4 Å². The number of aromatic carboxylic acids is 1. The standard InChI is InChI=1S/C28H30N4O5/c1-18(33)30-25(12-5-6-15-29)27(35)32-22-13-14-23(24(17-22)19-8-3-2-4-9-19)26(34)31-21-11-7-10-20(16-21)28(36)37/h2-4,7-11,13-14,16-17,25H,5-6,12,15,29H2,1H3,(H,30,33)(H,31,34)(H,32,35)(H,36,37)/t25-/m0/s1. The molecule has 0 fully saturated rings. The van der Waals surface area contributed by atoms with Crippen LogP contribution in [-0.2, 0) is 9.59 Å². The van der Waals surface area contributed by atoms with Gasteiger partial charge in [0.2, 0.25) is 11.8 Å². The van der Waals surface area contributed by atoms with E-state index in [1.54, 1.807) is 30.3 Å². The van der Waals surface area contributed by atoms with Gasteiger partial charge in [0.25, 0.3) is 5.91 Å². The average Bonchev–Trinajstić information content (AvgIpc) is 2.88. The van der Waals surface area contributed by atoms with Crippen LogP contribution in [0, 0.1) is 0 Å². The summed E-state index contributed by atoms with van der Waals surface area (Å²) in [6.45, 7) is 1.86.